The van der Waals surface area contributed by atoms with Crippen LogP contribution >= 0.6 is 0 Å². The Morgan fingerprint density at radius 2 is 1.95 bits per heavy atom. The van der Waals surface area contributed by atoms with Gasteiger partial charge < -0.3 is 10.1 Å². The van der Waals surface area contributed by atoms with E-state index in [1.807, 2.05) is 6.92 Å². The lowest BCUT2D eigenvalue weighted by molar-refractivity contribution is -0.140. The summed E-state index contributed by atoms with van der Waals surface area (Å²) in [5, 5.41) is 3.67. The number of anilines is 1. The summed E-state index contributed by atoms with van der Waals surface area (Å²) in [7, 11) is 1.53. The average molecular weight is 298 g/mol. The first kappa shape index (κ1) is 15.4. The molecule has 0 fully saturated rings. The van der Waals surface area contributed by atoms with Crippen LogP contribution in [0.15, 0.2) is 18.2 Å². The number of nitrogens with one attached hydrogen (secondary N) is 1. The van der Waals surface area contributed by atoms with E-state index in [9.17, 15) is 13.2 Å². The second kappa shape index (κ2) is 5.79. The van der Waals surface area contributed by atoms with E-state index in [0.29, 0.717) is 34.4 Å². The van der Waals surface area contributed by atoms with Gasteiger partial charge in [0.2, 0.25) is 0 Å². The minimum atomic E-state index is -4.47. The molecule has 1 heterocycles. The third-order valence-electron chi connectivity index (χ3n) is 3.17. The van der Waals surface area contributed by atoms with Crippen molar-refractivity contribution in [1.82, 2.24) is 4.98 Å². The standard InChI is InChI=1S/C15H17F3N2O/c1-4-5-19-12-8-13(15(16,17)18)20-14-9(2)6-10(21-3)7-11(12)14/h6-8H,4-5H2,1-3H3,(H,19,20). The van der Waals surface area contributed by atoms with Crippen molar-refractivity contribution < 1.29 is 17.9 Å². The summed E-state index contributed by atoms with van der Waals surface area (Å²) in [5.41, 5.74) is 0.525. The Morgan fingerprint density at radius 3 is 2.52 bits per heavy atom. The molecule has 114 valence electrons. The molecule has 1 aromatic heterocycles. The first-order valence-corrected chi connectivity index (χ1v) is 6.67. The van der Waals surface area contributed by atoms with Crippen molar-refractivity contribution in [3.05, 3.63) is 29.5 Å². The highest BCUT2D eigenvalue weighted by atomic mass is 19.4. The van der Waals surface area contributed by atoms with Gasteiger partial charge in [-0.05, 0) is 37.1 Å². The topological polar surface area (TPSA) is 34.2 Å². The number of aromatic nitrogens is 1. The molecule has 2 aromatic rings. The Kier molecular flexibility index (Phi) is 4.25. The molecule has 6 heteroatoms. The van der Waals surface area contributed by atoms with Crippen molar-refractivity contribution in [2.45, 2.75) is 26.4 Å². The van der Waals surface area contributed by atoms with Crippen LogP contribution in [0.25, 0.3) is 10.9 Å². The number of benzene rings is 1. The van der Waals surface area contributed by atoms with Gasteiger partial charge in [0.05, 0.1) is 12.6 Å². The molecule has 0 atom stereocenters. The summed E-state index contributed by atoms with van der Waals surface area (Å²) in [6.45, 7) is 4.27. The van der Waals surface area contributed by atoms with Crippen LogP contribution in [0.3, 0.4) is 0 Å². The fourth-order valence-corrected chi connectivity index (χ4v) is 2.14. The van der Waals surface area contributed by atoms with Crippen LogP contribution < -0.4 is 10.1 Å². The second-order valence-electron chi connectivity index (χ2n) is 4.82. The Balaban J connectivity index is 2.71. The van der Waals surface area contributed by atoms with E-state index in [0.717, 1.165) is 12.5 Å². The maximum atomic E-state index is 13.0. The molecule has 3 nitrogen and oxygen atoms in total. The van der Waals surface area contributed by atoms with Crippen LogP contribution in [0.5, 0.6) is 5.75 Å². The van der Waals surface area contributed by atoms with Crippen molar-refractivity contribution in [2.75, 3.05) is 19.0 Å². The highest BCUT2D eigenvalue weighted by Crippen LogP contribution is 2.35. The summed E-state index contributed by atoms with van der Waals surface area (Å²) >= 11 is 0. The van der Waals surface area contributed by atoms with Crippen LogP contribution in [0.2, 0.25) is 0 Å². The van der Waals surface area contributed by atoms with E-state index < -0.39 is 11.9 Å². The lowest BCUT2D eigenvalue weighted by Gasteiger charge is -2.15. The number of hydrogen-bond donors (Lipinski definition) is 1. The van der Waals surface area contributed by atoms with Gasteiger partial charge in [0.15, 0.2) is 0 Å². The molecule has 0 bridgehead atoms. The Labute approximate surface area is 121 Å². The van der Waals surface area contributed by atoms with Gasteiger partial charge in [0.25, 0.3) is 0 Å². The lowest BCUT2D eigenvalue weighted by atomic mass is 10.1. The van der Waals surface area contributed by atoms with Gasteiger partial charge >= 0.3 is 6.18 Å². The fraction of sp³-hybridized carbons (Fsp3) is 0.400. The van der Waals surface area contributed by atoms with E-state index in [4.69, 9.17) is 4.74 Å². The molecule has 0 spiro atoms. The van der Waals surface area contributed by atoms with Crippen molar-refractivity contribution in [3.63, 3.8) is 0 Å². The molecule has 2 rings (SSSR count). The zero-order valence-corrected chi connectivity index (χ0v) is 12.1. The van der Waals surface area contributed by atoms with Gasteiger partial charge in [-0.25, -0.2) is 4.98 Å². The quantitative estimate of drug-likeness (QED) is 0.909. The SMILES string of the molecule is CCCNc1cc(C(F)(F)F)nc2c(C)cc(OC)cc12. The predicted molar refractivity (Wildman–Crippen MR) is 76.8 cm³/mol. The zero-order valence-electron chi connectivity index (χ0n) is 12.1. The average Bonchev–Trinajstić information content (AvgIpc) is 2.43. The first-order valence-electron chi connectivity index (χ1n) is 6.67. The predicted octanol–water partition coefficient (Wildman–Crippen LogP) is 4.39. The summed E-state index contributed by atoms with van der Waals surface area (Å²) in [6, 6.07) is 4.43. The largest absolute Gasteiger partial charge is 0.497 e. The van der Waals surface area contributed by atoms with E-state index in [-0.39, 0.29) is 0 Å². The van der Waals surface area contributed by atoms with Crippen molar-refractivity contribution in [1.29, 1.82) is 0 Å². The van der Waals surface area contributed by atoms with Crippen molar-refractivity contribution in [2.24, 2.45) is 0 Å². The fourth-order valence-electron chi connectivity index (χ4n) is 2.14. The van der Waals surface area contributed by atoms with Crippen LogP contribution in [0.1, 0.15) is 24.6 Å². The van der Waals surface area contributed by atoms with Crippen LogP contribution in [0.4, 0.5) is 18.9 Å². The zero-order chi connectivity index (χ0) is 15.6. The Hall–Kier alpha value is -1.98. The molecule has 0 amide bonds. The molecule has 0 aliphatic heterocycles. The van der Waals surface area contributed by atoms with Gasteiger partial charge in [-0.2, -0.15) is 13.2 Å². The van der Waals surface area contributed by atoms with Crippen LogP contribution in [0, 0.1) is 6.92 Å². The van der Waals surface area contributed by atoms with E-state index in [1.165, 1.54) is 7.11 Å². The van der Waals surface area contributed by atoms with Gasteiger partial charge in [-0.15, -0.1) is 0 Å². The molecule has 1 aromatic carbocycles. The third kappa shape index (κ3) is 3.20. The number of pyridine rings is 1. The Bertz CT molecular complexity index is 653. The maximum absolute atomic E-state index is 13.0. The molecular formula is C15H17F3N2O. The molecule has 0 saturated carbocycles. The van der Waals surface area contributed by atoms with Gasteiger partial charge in [0, 0.05) is 17.6 Å². The number of halogens is 3. The molecule has 0 saturated heterocycles. The van der Waals surface area contributed by atoms with Gasteiger partial charge in [-0.3, -0.25) is 0 Å². The number of aryl methyl sites for hydroxylation is 1. The summed E-state index contributed by atoms with van der Waals surface area (Å²) in [4.78, 5) is 3.77. The minimum absolute atomic E-state index is 0.337. The lowest BCUT2D eigenvalue weighted by Crippen LogP contribution is -2.11. The number of hydrogen-bond acceptors (Lipinski definition) is 3. The number of rotatable bonds is 4. The Morgan fingerprint density at radius 1 is 1.24 bits per heavy atom. The second-order valence-corrected chi connectivity index (χ2v) is 4.82. The summed E-state index contributed by atoms with van der Waals surface area (Å²) in [6.07, 6.45) is -3.66. The molecular weight excluding hydrogens is 281 g/mol. The monoisotopic (exact) mass is 298 g/mol. The smallest absolute Gasteiger partial charge is 0.433 e. The molecule has 0 aliphatic carbocycles. The number of nitrogens with zero attached hydrogens (tertiary/aromatic N) is 1. The molecule has 0 unspecified atom stereocenters. The maximum Gasteiger partial charge on any atom is 0.433 e. The van der Waals surface area contributed by atoms with Crippen molar-refractivity contribution >= 4 is 16.6 Å². The molecule has 1 N–H and O–H groups in total. The van der Waals surface area contributed by atoms with E-state index in [1.54, 1.807) is 19.1 Å². The summed E-state index contributed by atoms with van der Waals surface area (Å²) in [5.74, 6) is 0.598. The normalized spacial score (nSPS) is 11.7. The third-order valence-corrected chi connectivity index (χ3v) is 3.17. The molecule has 0 aliphatic rings. The van der Waals surface area contributed by atoms with E-state index >= 15 is 0 Å². The highest BCUT2D eigenvalue weighted by Gasteiger charge is 2.33. The highest BCUT2D eigenvalue weighted by molar-refractivity contribution is 5.94. The number of alkyl halides is 3. The number of methoxy groups -OCH3 is 1. The van der Waals surface area contributed by atoms with Gasteiger partial charge in [0.1, 0.15) is 11.4 Å². The molecule has 0 radical (unpaired) electrons. The van der Waals surface area contributed by atoms with Crippen LogP contribution in [-0.4, -0.2) is 18.6 Å². The number of ether oxygens (including phenoxy) is 1. The molecule has 21 heavy (non-hydrogen) atoms. The minimum Gasteiger partial charge on any atom is -0.497 e. The van der Waals surface area contributed by atoms with Crippen LogP contribution in [-0.2, 0) is 6.18 Å². The first-order chi connectivity index (χ1) is 9.86. The number of fused-ring (bicyclic) bond motifs is 1. The van der Waals surface area contributed by atoms with Crippen molar-refractivity contribution in [3.8, 4) is 5.75 Å². The van der Waals surface area contributed by atoms with E-state index in [2.05, 4.69) is 10.3 Å². The summed E-state index contributed by atoms with van der Waals surface area (Å²) < 4.78 is 44.1. The van der Waals surface area contributed by atoms with Gasteiger partial charge in [-0.1, -0.05) is 6.92 Å².